The van der Waals surface area contributed by atoms with Gasteiger partial charge in [0.1, 0.15) is 0 Å². The summed E-state index contributed by atoms with van der Waals surface area (Å²) in [5, 5.41) is 5.02. The van der Waals surface area contributed by atoms with Crippen molar-refractivity contribution in [3.05, 3.63) is 16.9 Å². The molecule has 0 saturated heterocycles. The molecule has 0 spiro atoms. The molecule has 0 radical (unpaired) electrons. The maximum atomic E-state index is 6.57. The normalized spacial score (nSPS) is 19.9. The Hall–Kier alpha value is -0.580. The van der Waals surface area contributed by atoms with Crippen LogP contribution in [0.4, 0.5) is 0 Å². The molecular formula is C16H28ClN3O. The number of aromatic nitrogens is 2. The van der Waals surface area contributed by atoms with Gasteiger partial charge < -0.3 is 10.5 Å². The predicted molar refractivity (Wildman–Crippen MR) is 86.5 cm³/mol. The van der Waals surface area contributed by atoms with Gasteiger partial charge in [0, 0.05) is 12.6 Å². The molecule has 120 valence electrons. The monoisotopic (exact) mass is 313 g/mol. The van der Waals surface area contributed by atoms with Crippen LogP contribution in [0.2, 0.25) is 5.02 Å². The number of halogens is 1. The number of hydrogen-bond donors (Lipinski definition) is 1. The van der Waals surface area contributed by atoms with E-state index in [1.165, 1.54) is 32.1 Å². The second kappa shape index (κ2) is 7.61. The lowest BCUT2D eigenvalue weighted by atomic mass is 9.82. The second-order valence-electron chi connectivity index (χ2n) is 6.26. The van der Waals surface area contributed by atoms with Crippen molar-refractivity contribution in [1.82, 2.24) is 9.78 Å². The zero-order valence-corrected chi connectivity index (χ0v) is 14.1. The summed E-state index contributed by atoms with van der Waals surface area (Å²) in [5.41, 5.74) is 7.48. The van der Waals surface area contributed by atoms with Crippen LogP contribution in [-0.2, 0) is 4.74 Å². The topological polar surface area (TPSA) is 53.1 Å². The third-order valence-corrected chi connectivity index (χ3v) is 4.71. The van der Waals surface area contributed by atoms with Crippen molar-refractivity contribution in [2.45, 2.75) is 71.1 Å². The average Bonchev–Trinajstić information content (AvgIpc) is 2.87. The minimum absolute atomic E-state index is 0.0296. The van der Waals surface area contributed by atoms with Gasteiger partial charge in [-0.2, -0.15) is 5.10 Å². The fourth-order valence-electron chi connectivity index (χ4n) is 3.42. The zero-order chi connectivity index (χ0) is 15.4. The van der Waals surface area contributed by atoms with E-state index in [1.807, 2.05) is 11.6 Å². The van der Waals surface area contributed by atoms with Crippen LogP contribution >= 0.6 is 11.6 Å². The molecule has 5 heteroatoms. The van der Waals surface area contributed by atoms with E-state index in [2.05, 4.69) is 18.9 Å². The first-order chi connectivity index (χ1) is 10.1. The van der Waals surface area contributed by atoms with Crippen LogP contribution in [0.1, 0.15) is 70.7 Å². The first-order valence-corrected chi connectivity index (χ1v) is 8.54. The molecule has 0 bridgehead atoms. The summed E-state index contributed by atoms with van der Waals surface area (Å²) in [6.45, 7) is 6.90. The summed E-state index contributed by atoms with van der Waals surface area (Å²) in [6, 6.07) is 0.0256. The van der Waals surface area contributed by atoms with Gasteiger partial charge in [-0.1, -0.05) is 30.9 Å². The Balaban J connectivity index is 2.25. The smallest absolute Gasteiger partial charge is 0.0835 e. The van der Waals surface area contributed by atoms with Crippen molar-refractivity contribution in [1.29, 1.82) is 0 Å². The third-order valence-electron chi connectivity index (χ3n) is 4.42. The molecule has 1 saturated carbocycles. The molecule has 0 aromatic carbocycles. The van der Waals surface area contributed by atoms with E-state index in [-0.39, 0.29) is 18.2 Å². The number of hydrogen-bond acceptors (Lipinski definition) is 3. The third kappa shape index (κ3) is 3.79. The summed E-state index contributed by atoms with van der Waals surface area (Å²) in [5.74, 6) is 0.528. The van der Waals surface area contributed by atoms with Gasteiger partial charge >= 0.3 is 0 Å². The van der Waals surface area contributed by atoms with Gasteiger partial charge in [0.15, 0.2) is 0 Å². The molecule has 0 aliphatic heterocycles. The average molecular weight is 314 g/mol. The molecule has 21 heavy (non-hydrogen) atoms. The SMILES string of the molecule is CCOC(C1CCCCC1)C(N)c1c(Cl)cnn1C(C)C. The van der Waals surface area contributed by atoms with E-state index in [0.717, 1.165) is 5.69 Å². The van der Waals surface area contributed by atoms with E-state index in [1.54, 1.807) is 6.20 Å². The largest absolute Gasteiger partial charge is 0.376 e. The Kier molecular flexibility index (Phi) is 6.08. The first-order valence-electron chi connectivity index (χ1n) is 8.16. The van der Waals surface area contributed by atoms with Gasteiger partial charge in [0.2, 0.25) is 0 Å². The van der Waals surface area contributed by atoms with Crippen LogP contribution in [0, 0.1) is 5.92 Å². The van der Waals surface area contributed by atoms with E-state index in [9.17, 15) is 0 Å². The Morgan fingerprint density at radius 3 is 2.62 bits per heavy atom. The van der Waals surface area contributed by atoms with E-state index in [4.69, 9.17) is 22.1 Å². The lowest BCUT2D eigenvalue weighted by Crippen LogP contribution is -2.38. The van der Waals surface area contributed by atoms with Crippen molar-refractivity contribution in [2.75, 3.05) is 6.61 Å². The maximum Gasteiger partial charge on any atom is 0.0835 e. The summed E-state index contributed by atoms with van der Waals surface area (Å²) in [7, 11) is 0. The molecule has 1 fully saturated rings. The molecule has 2 unspecified atom stereocenters. The molecule has 1 aromatic rings. The molecule has 1 aromatic heterocycles. The van der Waals surface area contributed by atoms with E-state index < -0.39 is 0 Å². The summed E-state index contributed by atoms with van der Waals surface area (Å²) >= 11 is 6.35. The van der Waals surface area contributed by atoms with Gasteiger partial charge in [0.05, 0.1) is 29.1 Å². The summed E-state index contributed by atoms with van der Waals surface area (Å²) < 4.78 is 7.96. The quantitative estimate of drug-likeness (QED) is 0.860. The lowest BCUT2D eigenvalue weighted by molar-refractivity contribution is -0.0117. The zero-order valence-electron chi connectivity index (χ0n) is 13.4. The van der Waals surface area contributed by atoms with E-state index in [0.29, 0.717) is 17.5 Å². The van der Waals surface area contributed by atoms with Crippen LogP contribution in [0.5, 0.6) is 0 Å². The molecule has 1 aliphatic carbocycles. The number of rotatable bonds is 6. The standard InChI is InChI=1S/C16H28ClN3O/c1-4-21-16(12-8-6-5-7-9-12)14(18)15-13(17)10-19-20(15)11(2)3/h10-12,14,16H,4-9,18H2,1-3H3. The van der Waals surface area contributed by atoms with Crippen LogP contribution in [0.25, 0.3) is 0 Å². The summed E-state index contributed by atoms with van der Waals surface area (Å²) in [6.07, 6.45) is 8.01. The van der Waals surface area contributed by atoms with Gasteiger partial charge in [-0.15, -0.1) is 0 Å². The predicted octanol–water partition coefficient (Wildman–Crippen LogP) is 4.10. The van der Waals surface area contributed by atoms with Gasteiger partial charge in [-0.05, 0) is 39.5 Å². The molecule has 2 atom stereocenters. The maximum absolute atomic E-state index is 6.57. The minimum Gasteiger partial charge on any atom is -0.376 e. The highest BCUT2D eigenvalue weighted by Gasteiger charge is 2.33. The van der Waals surface area contributed by atoms with Crippen LogP contribution in [0.15, 0.2) is 6.20 Å². The number of nitrogens with zero attached hydrogens (tertiary/aromatic N) is 2. The van der Waals surface area contributed by atoms with Crippen molar-refractivity contribution < 1.29 is 4.74 Å². The van der Waals surface area contributed by atoms with Crippen molar-refractivity contribution in [3.8, 4) is 0 Å². The number of ether oxygens (including phenoxy) is 1. The fraction of sp³-hybridized carbons (Fsp3) is 0.812. The van der Waals surface area contributed by atoms with Crippen LogP contribution in [-0.4, -0.2) is 22.5 Å². The highest BCUT2D eigenvalue weighted by Crippen LogP contribution is 2.36. The molecule has 1 heterocycles. The van der Waals surface area contributed by atoms with Gasteiger partial charge in [0.25, 0.3) is 0 Å². The Labute approximate surface area is 133 Å². The summed E-state index contributed by atoms with van der Waals surface area (Å²) in [4.78, 5) is 0. The fourth-order valence-corrected chi connectivity index (χ4v) is 3.67. The number of nitrogens with two attached hydrogens (primary N) is 1. The second-order valence-corrected chi connectivity index (χ2v) is 6.67. The first kappa shape index (κ1) is 16.8. The van der Waals surface area contributed by atoms with E-state index >= 15 is 0 Å². The Bertz CT molecular complexity index is 441. The molecule has 0 amide bonds. The van der Waals surface area contributed by atoms with Gasteiger partial charge in [-0.3, -0.25) is 4.68 Å². The molecule has 2 N–H and O–H groups in total. The minimum atomic E-state index is -0.217. The van der Waals surface area contributed by atoms with Crippen molar-refractivity contribution in [2.24, 2.45) is 11.7 Å². The Morgan fingerprint density at radius 2 is 2.05 bits per heavy atom. The van der Waals surface area contributed by atoms with Gasteiger partial charge in [-0.25, -0.2) is 0 Å². The van der Waals surface area contributed by atoms with Crippen LogP contribution < -0.4 is 5.73 Å². The lowest BCUT2D eigenvalue weighted by Gasteiger charge is -2.34. The molecular weight excluding hydrogens is 286 g/mol. The van der Waals surface area contributed by atoms with Crippen molar-refractivity contribution >= 4 is 11.6 Å². The van der Waals surface area contributed by atoms with Crippen molar-refractivity contribution in [3.63, 3.8) is 0 Å². The molecule has 1 aliphatic rings. The Morgan fingerprint density at radius 1 is 1.38 bits per heavy atom. The van der Waals surface area contributed by atoms with Crippen LogP contribution in [0.3, 0.4) is 0 Å². The molecule has 4 nitrogen and oxygen atoms in total. The molecule has 2 rings (SSSR count). The highest BCUT2D eigenvalue weighted by molar-refractivity contribution is 6.31. The highest BCUT2D eigenvalue weighted by atomic mass is 35.5.